The maximum absolute atomic E-state index is 13.0. The molecule has 0 spiro atoms. The molecule has 1 fully saturated rings. The molecule has 2 aromatic carbocycles. The molecule has 3 rings (SSSR count). The van der Waals surface area contributed by atoms with Crippen LogP contribution in [-0.4, -0.2) is 45.2 Å². The lowest BCUT2D eigenvalue weighted by Gasteiger charge is -2.19. The lowest BCUT2D eigenvalue weighted by atomic mass is 10.1. The normalized spacial score (nSPS) is 15.9. The Hall–Kier alpha value is -2.79. The van der Waals surface area contributed by atoms with Gasteiger partial charge in [0.05, 0.1) is 13.2 Å². The maximum Gasteiger partial charge on any atom is 0.573 e. The van der Waals surface area contributed by atoms with Crippen LogP contribution in [-0.2, 0) is 10.0 Å². The quantitative estimate of drug-likeness (QED) is 0.661. The van der Waals surface area contributed by atoms with Gasteiger partial charge >= 0.3 is 6.36 Å². The van der Waals surface area contributed by atoms with Gasteiger partial charge in [-0.05, 0) is 55.7 Å². The molecule has 1 heterocycles. The van der Waals surface area contributed by atoms with Gasteiger partial charge in [0.2, 0.25) is 10.0 Å². The second-order valence-corrected chi connectivity index (χ2v) is 9.20. The summed E-state index contributed by atoms with van der Waals surface area (Å²) in [5.74, 6) is -0.762. The van der Waals surface area contributed by atoms with E-state index in [-0.39, 0.29) is 22.0 Å². The van der Waals surface area contributed by atoms with E-state index in [0.717, 1.165) is 25.0 Å². The van der Waals surface area contributed by atoms with Crippen LogP contribution in [0.5, 0.6) is 11.5 Å². The standard InChI is InChI=1S/C21H23F3N2O5S/c1-14(15-5-8-17(9-6-15)31-21(22,23)24)25-20(27)16-7-10-18(30-2)19(13-16)32(28,29)26-11-3-4-12-26/h5-10,13-14H,3-4,11-12H2,1-2H3,(H,25,27). The van der Waals surface area contributed by atoms with E-state index in [4.69, 9.17) is 4.74 Å². The lowest BCUT2D eigenvalue weighted by Crippen LogP contribution is -2.29. The van der Waals surface area contributed by atoms with Crippen LogP contribution in [0.4, 0.5) is 13.2 Å². The van der Waals surface area contributed by atoms with Gasteiger partial charge in [-0.2, -0.15) is 4.31 Å². The number of ether oxygens (including phenoxy) is 2. The van der Waals surface area contributed by atoms with Crippen molar-refractivity contribution in [1.29, 1.82) is 0 Å². The number of methoxy groups -OCH3 is 1. The van der Waals surface area contributed by atoms with E-state index in [2.05, 4.69) is 10.1 Å². The van der Waals surface area contributed by atoms with Crippen molar-refractivity contribution in [3.05, 3.63) is 53.6 Å². The molecular weight excluding hydrogens is 449 g/mol. The van der Waals surface area contributed by atoms with E-state index in [1.165, 1.54) is 41.7 Å². The third-order valence-electron chi connectivity index (χ3n) is 5.07. The van der Waals surface area contributed by atoms with E-state index in [9.17, 15) is 26.4 Å². The second kappa shape index (κ2) is 9.37. The van der Waals surface area contributed by atoms with E-state index >= 15 is 0 Å². The Labute approximate surface area is 184 Å². The molecule has 11 heteroatoms. The number of alkyl halides is 3. The molecule has 0 bridgehead atoms. The molecule has 1 unspecified atom stereocenters. The summed E-state index contributed by atoms with van der Waals surface area (Å²) >= 11 is 0. The van der Waals surface area contributed by atoms with Crippen LogP contribution in [0.1, 0.15) is 41.7 Å². The second-order valence-electron chi connectivity index (χ2n) is 7.29. The third-order valence-corrected chi connectivity index (χ3v) is 6.99. The predicted octanol–water partition coefficient (Wildman–Crippen LogP) is 3.87. The van der Waals surface area contributed by atoms with Gasteiger partial charge in [-0.1, -0.05) is 12.1 Å². The number of carbonyl (C=O) groups excluding carboxylic acids is 1. The number of carbonyl (C=O) groups is 1. The van der Waals surface area contributed by atoms with Crippen LogP contribution in [0, 0.1) is 0 Å². The summed E-state index contributed by atoms with van der Waals surface area (Å²) in [5.41, 5.74) is 0.666. The topological polar surface area (TPSA) is 84.9 Å². The average molecular weight is 472 g/mol. The summed E-state index contributed by atoms with van der Waals surface area (Å²) in [4.78, 5) is 12.7. The number of benzene rings is 2. The van der Waals surface area contributed by atoms with Gasteiger partial charge in [0.1, 0.15) is 16.4 Å². The van der Waals surface area contributed by atoms with Gasteiger partial charge in [0.15, 0.2) is 0 Å². The minimum atomic E-state index is -4.79. The van der Waals surface area contributed by atoms with Crippen molar-refractivity contribution in [3.8, 4) is 11.5 Å². The average Bonchev–Trinajstić information content (AvgIpc) is 3.28. The Balaban J connectivity index is 1.77. The van der Waals surface area contributed by atoms with Crippen molar-refractivity contribution in [3.63, 3.8) is 0 Å². The largest absolute Gasteiger partial charge is 0.573 e. The van der Waals surface area contributed by atoms with Crippen molar-refractivity contribution < 1.29 is 35.9 Å². The molecule has 0 radical (unpaired) electrons. The Morgan fingerprint density at radius 3 is 2.28 bits per heavy atom. The molecular formula is C21H23F3N2O5S. The van der Waals surface area contributed by atoms with Crippen molar-refractivity contribution in [2.24, 2.45) is 0 Å². The Bertz CT molecular complexity index is 1070. The zero-order valence-corrected chi connectivity index (χ0v) is 18.3. The van der Waals surface area contributed by atoms with Gasteiger partial charge < -0.3 is 14.8 Å². The van der Waals surface area contributed by atoms with Crippen molar-refractivity contribution in [2.75, 3.05) is 20.2 Å². The van der Waals surface area contributed by atoms with Gasteiger partial charge in [-0.15, -0.1) is 13.2 Å². The molecule has 1 amide bonds. The zero-order valence-electron chi connectivity index (χ0n) is 17.5. The highest BCUT2D eigenvalue weighted by atomic mass is 32.2. The number of hydrogen-bond donors (Lipinski definition) is 1. The number of sulfonamides is 1. The molecule has 1 aliphatic heterocycles. The number of nitrogens with one attached hydrogen (secondary N) is 1. The molecule has 1 atom stereocenters. The van der Waals surface area contributed by atoms with Crippen molar-refractivity contribution in [2.45, 2.75) is 37.1 Å². The predicted molar refractivity (Wildman–Crippen MR) is 110 cm³/mol. The Morgan fingerprint density at radius 2 is 1.72 bits per heavy atom. The Morgan fingerprint density at radius 1 is 1.09 bits per heavy atom. The SMILES string of the molecule is COc1ccc(C(=O)NC(C)c2ccc(OC(F)(F)F)cc2)cc1S(=O)(=O)N1CCCC1. The fourth-order valence-corrected chi connectivity index (χ4v) is 5.11. The van der Waals surface area contributed by atoms with Crippen molar-refractivity contribution in [1.82, 2.24) is 9.62 Å². The molecule has 1 N–H and O–H groups in total. The summed E-state index contributed by atoms with van der Waals surface area (Å²) in [6.07, 6.45) is -3.25. The third kappa shape index (κ3) is 5.52. The maximum atomic E-state index is 13.0. The summed E-state index contributed by atoms with van der Waals surface area (Å²) < 4.78 is 73.2. The first-order chi connectivity index (χ1) is 15.0. The van der Waals surface area contributed by atoms with Crippen LogP contribution in [0.2, 0.25) is 0 Å². The minimum Gasteiger partial charge on any atom is -0.495 e. The first kappa shape index (κ1) is 23.9. The van der Waals surface area contributed by atoms with E-state index in [1.54, 1.807) is 6.92 Å². The Kier molecular flexibility index (Phi) is 6.99. The molecule has 2 aromatic rings. The fourth-order valence-electron chi connectivity index (χ4n) is 3.41. The number of amides is 1. The van der Waals surface area contributed by atoms with E-state index in [1.807, 2.05) is 0 Å². The van der Waals surface area contributed by atoms with Gasteiger partial charge in [0, 0.05) is 18.7 Å². The smallest absolute Gasteiger partial charge is 0.495 e. The van der Waals surface area contributed by atoms with Crippen LogP contribution in [0.25, 0.3) is 0 Å². The molecule has 1 saturated heterocycles. The molecule has 0 aromatic heterocycles. The minimum absolute atomic E-state index is 0.0872. The van der Waals surface area contributed by atoms with Crippen molar-refractivity contribution >= 4 is 15.9 Å². The highest BCUT2D eigenvalue weighted by Crippen LogP contribution is 2.30. The first-order valence-corrected chi connectivity index (χ1v) is 11.3. The monoisotopic (exact) mass is 472 g/mol. The van der Waals surface area contributed by atoms with Crippen LogP contribution >= 0.6 is 0 Å². The van der Waals surface area contributed by atoms with Crippen LogP contribution in [0.3, 0.4) is 0 Å². The van der Waals surface area contributed by atoms with E-state index < -0.39 is 28.3 Å². The summed E-state index contributed by atoms with van der Waals surface area (Å²) in [7, 11) is -2.46. The highest BCUT2D eigenvalue weighted by Gasteiger charge is 2.32. The zero-order chi connectivity index (χ0) is 23.5. The first-order valence-electron chi connectivity index (χ1n) is 9.86. The molecule has 174 valence electrons. The molecule has 7 nitrogen and oxygen atoms in total. The molecule has 0 aliphatic carbocycles. The van der Waals surface area contributed by atoms with Gasteiger partial charge in [-0.3, -0.25) is 4.79 Å². The number of rotatable bonds is 7. The summed E-state index contributed by atoms with van der Waals surface area (Å²) in [6.45, 7) is 2.48. The molecule has 0 saturated carbocycles. The summed E-state index contributed by atoms with van der Waals surface area (Å²) in [5, 5.41) is 2.71. The number of nitrogens with zero attached hydrogens (tertiary/aromatic N) is 1. The molecule has 1 aliphatic rings. The van der Waals surface area contributed by atoms with Gasteiger partial charge in [0.25, 0.3) is 5.91 Å². The highest BCUT2D eigenvalue weighted by molar-refractivity contribution is 7.89. The van der Waals surface area contributed by atoms with Crippen LogP contribution in [0.15, 0.2) is 47.4 Å². The number of halogens is 3. The van der Waals surface area contributed by atoms with Crippen LogP contribution < -0.4 is 14.8 Å². The van der Waals surface area contributed by atoms with Gasteiger partial charge in [-0.25, -0.2) is 8.42 Å². The summed E-state index contributed by atoms with van der Waals surface area (Å²) in [6, 6.07) is 8.71. The lowest BCUT2D eigenvalue weighted by molar-refractivity contribution is -0.274. The number of hydrogen-bond acceptors (Lipinski definition) is 5. The molecule has 32 heavy (non-hydrogen) atoms. The van der Waals surface area contributed by atoms with E-state index in [0.29, 0.717) is 18.7 Å². The fraction of sp³-hybridized carbons (Fsp3) is 0.381.